The molecule has 0 bridgehead atoms. The van der Waals surface area contributed by atoms with Gasteiger partial charge in [-0.15, -0.1) is 0 Å². The normalized spacial score (nSPS) is 11.1. The van der Waals surface area contributed by atoms with Gasteiger partial charge in [0.2, 0.25) is 0 Å². The third kappa shape index (κ3) is 6.66. The van der Waals surface area contributed by atoms with Crippen LogP contribution in [-0.4, -0.2) is 28.7 Å². The molecule has 1 unspecified atom stereocenters. The van der Waals surface area contributed by atoms with Gasteiger partial charge in [0, 0.05) is 25.0 Å². The molecule has 1 atom stereocenters. The number of anilines is 2. The Balaban J connectivity index is 0.00000163. The Kier molecular flexibility index (Phi) is 9.66. The van der Waals surface area contributed by atoms with E-state index in [0.717, 1.165) is 6.42 Å². The third-order valence-corrected chi connectivity index (χ3v) is 3.13. The Morgan fingerprint density at radius 2 is 1.92 bits per heavy atom. The lowest BCUT2D eigenvalue weighted by Gasteiger charge is -2.18. The van der Waals surface area contributed by atoms with Crippen LogP contribution in [0.4, 0.5) is 16.3 Å². The molecule has 0 aliphatic carbocycles. The van der Waals surface area contributed by atoms with Crippen LogP contribution in [0.5, 0.6) is 0 Å². The van der Waals surface area contributed by atoms with Gasteiger partial charge in [0.05, 0.1) is 0 Å². The van der Waals surface area contributed by atoms with E-state index >= 15 is 0 Å². The van der Waals surface area contributed by atoms with Crippen molar-refractivity contribution < 1.29 is 9.53 Å². The fraction of sp³-hybridized carbons (Fsp3) is 0.389. The molecule has 0 fully saturated rings. The number of benzene rings is 1. The van der Waals surface area contributed by atoms with Gasteiger partial charge < -0.3 is 15.8 Å². The topological polar surface area (TPSA) is 111 Å². The summed E-state index contributed by atoms with van der Waals surface area (Å²) in [5, 5.41) is 5.15. The number of ether oxygens (including phenoxy) is 1. The minimum absolute atomic E-state index is 0.149. The van der Waals surface area contributed by atoms with Gasteiger partial charge in [0.25, 0.3) is 0 Å². The second-order valence-electron chi connectivity index (χ2n) is 5.01. The van der Waals surface area contributed by atoms with E-state index in [1.165, 1.54) is 16.8 Å². The number of hydrogen-bond acceptors (Lipinski definition) is 5. The molecule has 142 valence electrons. The van der Waals surface area contributed by atoms with E-state index in [-0.39, 0.29) is 12.4 Å². The molecule has 0 saturated heterocycles. The zero-order valence-corrected chi connectivity index (χ0v) is 15.4. The number of urea groups is 1. The minimum atomic E-state index is -0.572. The van der Waals surface area contributed by atoms with E-state index in [4.69, 9.17) is 10.5 Å². The van der Waals surface area contributed by atoms with Crippen molar-refractivity contribution in [2.75, 3.05) is 23.8 Å². The molecule has 0 radical (unpaired) electrons. The van der Waals surface area contributed by atoms with Crippen molar-refractivity contribution in [2.45, 2.75) is 33.4 Å². The van der Waals surface area contributed by atoms with Gasteiger partial charge in [-0.25, -0.2) is 9.59 Å². The van der Waals surface area contributed by atoms with Crippen molar-refractivity contribution in [1.29, 1.82) is 0 Å². The van der Waals surface area contributed by atoms with Crippen LogP contribution >= 0.6 is 0 Å². The summed E-state index contributed by atoms with van der Waals surface area (Å²) in [5.74, 6) is 0.149. The van der Waals surface area contributed by atoms with Crippen molar-refractivity contribution in [3.63, 3.8) is 0 Å². The van der Waals surface area contributed by atoms with Gasteiger partial charge in [-0.2, -0.15) is 4.98 Å². The summed E-state index contributed by atoms with van der Waals surface area (Å²) in [6.45, 7) is 6.61. The fourth-order valence-corrected chi connectivity index (χ4v) is 2.02. The molecule has 4 N–H and O–H groups in total. The minimum Gasteiger partial charge on any atom is -0.357 e. The maximum absolute atomic E-state index is 12.1. The molecule has 1 aromatic carbocycles. The molecular weight excluding hydrogens is 334 g/mol. The van der Waals surface area contributed by atoms with Gasteiger partial charge in [-0.3, -0.25) is 9.88 Å². The fourth-order valence-electron chi connectivity index (χ4n) is 2.02. The van der Waals surface area contributed by atoms with Crippen molar-refractivity contribution in [2.24, 2.45) is 5.73 Å². The summed E-state index contributed by atoms with van der Waals surface area (Å²) in [4.78, 5) is 27.8. The Bertz CT molecular complexity index is 718. The predicted octanol–water partition coefficient (Wildman–Crippen LogP) is 2.80. The average molecular weight is 361 g/mol. The van der Waals surface area contributed by atoms with Crippen LogP contribution in [0, 0.1) is 0 Å². The Morgan fingerprint density at radius 1 is 1.23 bits per heavy atom. The molecule has 8 nitrogen and oxygen atoms in total. The van der Waals surface area contributed by atoms with Gasteiger partial charge in [-0.05, 0) is 24.6 Å². The standard InChI is InChI=1S/C16H21N5O3.C2H6/c1-2-10-24-14(11-17)21-9-8-13(20-16(21)23)19-15(22)18-12-6-4-3-5-7-12;1-2/h3-9,14H,2,10-11,17H2,1H3,(H2,18,19,20,22,23);1-2H3. The first-order valence-corrected chi connectivity index (χ1v) is 8.68. The molecule has 1 heterocycles. The second kappa shape index (κ2) is 11.8. The quantitative estimate of drug-likeness (QED) is 0.702. The molecular formula is C18H27N5O3. The molecule has 2 rings (SSSR count). The number of carbonyl (C=O) groups is 1. The van der Waals surface area contributed by atoms with Crippen LogP contribution < -0.4 is 22.1 Å². The van der Waals surface area contributed by atoms with Crippen LogP contribution in [0.3, 0.4) is 0 Å². The number of rotatable bonds is 7. The zero-order chi connectivity index (χ0) is 19.4. The SMILES string of the molecule is CC.CCCOC(CN)n1ccc(NC(=O)Nc2ccccc2)nc1=O. The lowest BCUT2D eigenvalue weighted by atomic mass is 10.3. The number of hydrogen-bond donors (Lipinski definition) is 3. The van der Waals surface area contributed by atoms with Crippen LogP contribution in [0.1, 0.15) is 33.4 Å². The average Bonchev–Trinajstić information content (AvgIpc) is 2.66. The van der Waals surface area contributed by atoms with Crippen molar-refractivity contribution in [3.8, 4) is 0 Å². The summed E-state index contributed by atoms with van der Waals surface area (Å²) in [7, 11) is 0. The van der Waals surface area contributed by atoms with E-state index in [1.54, 1.807) is 24.3 Å². The largest absolute Gasteiger partial charge is 0.357 e. The number of nitrogens with one attached hydrogen (secondary N) is 2. The maximum Gasteiger partial charge on any atom is 0.351 e. The van der Waals surface area contributed by atoms with E-state index in [1.807, 2.05) is 26.8 Å². The van der Waals surface area contributed by atoms with Crippen molar-refractivity contribution in [3.05, 3.63) is 53.1 Å². The Morgan fingerprint density at radius 3 is 2.50 bits per heavy atom. The first-order chi connectivity index (χ1) is 12.6. The van der Waals surface area contributed by atoms with Crippen LogP contribution in [0.15, 0.2) is 47.4 Å². The van der Waals surface area contributed by atoms with Gasteiger partial charge in [0.1, 0.15) is 12.0 Å². The number of amides is 2. The highest BCUT2D eigenvalue weighted by atomic mass is 16.5. The molecule has 2 amide bonds. The Hall–Kier alpha value is -2.71. The summed E-state index contributed by atoms with van der Waals surface area (Å²) in [6, 6.07) is 9.99. The highest BCUT2D eigenvalue weighted by Crippen LogP contribution is 2.08. The van der Waals surface area contributed by atoms with Crippen molar-refractivity contribution in [1.82, 2.24) is 9.55 Å². The summed E-state index contributed by atoms with van der Waals surface area (Å²) < 4.78 is 6.81. The highest BCUT2D eigenvalue weighted by molar-refractivity contribution is 5.99. The van der Waals surface area contributed by atoms with Crippen LogP contribution in [-0.2, 0) is 4.74 Å². The number of aromatic nitrogens is 2. The number of nitrogens with two attached hydrogens (primary N) is 1. The highest BCUT2D eigenvalue weighted by Gasteiger charge is 2.12. The maximum atomic E-state index is 12.1. The van der Waals surface area contributed by atoms with E-state index in [0.29, 0.717) is 12.3 Å². The molecule has 1 aromatic heterocycles. The molecule has 2 aromatic rings. The molecule has 8 heteroatoms. The zero-order valence-electron chi connectivity index (χ0n) is 15.4. The molecule has 0 spiro atoms. The lowest BCUT2D eigenvalue weighted by Crippen LogP contribution is -2.33. The molecule has 0 saturated carbocycles. The molecule has 26 heavy (non-hydrogen) atoms. The summed E-state index contributed by atoms with van der Waals surface area (Å²) in [6.07, 6.45) is 1.75. The summed E-state index contributed by atoms with van der Waals surface area (Å²) >= 11 is 0. The monoisotopic (exact) mass is 361 g/mol. The molecule has 0 aliphatic heterocycles. The molecule has 0 aliphatic rings. The van der Waals surface area contributed by atoms with Gasteiger partial charge >= 0.3 is 11.7 Å². The van der Waals surface area contributed by atoms with Crippen LogP contribution in [0.2, 0.25) is 0 Å². The first kappa shape index (κ1) is 21.3. The number of carbonyl (C=O) groups excluding carboxylic acids is 1. The first-order valence-electron chi connectivity index (χ1n) is 8.68. The second-order valence-corrected chi connectivity index (χ2v) is 5.01. The van der Waals surface area contributed by atoms with E-state index < -0.39 is 17.9 Å². The summed E-state index contributed by atoms with van der Waals surface area (Å²) in [5.41, 5.74) is 5.72. The number of nitrogens with zero attached hydrogens (tertiary/aromatic N) is 2. The Labute approximate surface area is 153 Å². The smallest absolute Gasteiger partial charge is 0.351 e. The van der Waals surface area contributed by atoms with Gasteiger partial charge in [0.15, 0.2) is 0 Å². The predicted molar refractivity (Wildman–Crippen MR) is 103 cm³/mol. The van der Waals surface area contributed by atoms with E-state index in [9.17, 15) is 9.59 Å². The third-order valence-electron chi connectivity index (χ3n) is 3.13. The van der Waals surface area contributed by atoms with E-state index in [2.05, 4.69) is 15.6 Å². The lowest BCUT2D eigenvalue weighted by molar-refractivity contribution is 0.00622. The van der Waals surface area contributed by atoms with Gasteiger partial charge in [-0.1, -0.05) is 39.0 Å². The number of para-hydroxylation sites is 1. The van der Waals surface area contributed by atoms with Crippen molar-refractivity contribution >= 4 is 17.5 Å². The van der Waals surface area contributed by atoms with Crippen LogP contribution in [0.25, 0.3) is 0 Å².